The number of nitrogens with zero attached hydrogens (tertiary/aromatic N) is 2. The molecule has 0 saturated carbocycles. The summed E-state index contributed by atoms with van der Waals surface area (Å²) in [5.41, 5.74) is -5.53. The van der Waals surface area contributed by atoms with E-state index in [2.05, 4.69) is 4.90 Å². The Balaban J connectivity index is 1.84. The van der Waals surface area contributed by atoms with Crippen molar-refractivity contribution < 1.29 is 26.0 Å². The maximum absolute atomic E-state index is 13.4. The summed E-state index contributed by atoms with van der Waals surface area (Å²) >= 11 is 0. The molecule has 140 valence electrons. The van der Waals surface area contributed by atoms with Gasteiger partial charge in [-0.15, -0.1) is 0 Å². The predicted molar refractivity (Wildman–Crippen MR) is 85.7 cm³/mol. The summed E-state index contributed by atoms with van der Waals surface area (Å²) in [6, 6.07) is 2.97. The number of benzene rings is 1. The number of anilines is 1. The van der Waals surface area contributed by atoms with Gasteiger partial charge in [0, 0.05) is 19.1 Å². The maximum Gasteiger partial charge on any atom is 0.501 e. The van der Waals surface area contributed by atoms with Crippen LogP contribution < -0.4 is 4.90 Å². The second kappa shape index (κ2) is 6.75. The average Bonchev–Trinajstić information content (AvgIpc) is 3.08. The lowest BCUT2D eigenvalue weighted by atomic mass is 10.0. The average molecular weight is 380 g/mol. The van der Waals surface area contributed by atoms with Gasteiger partial charge in [0.2, 0.25) is 0 Å². The van der Waals surface area contributed by atoms with Crippen molar-refractivity contribution in [3.05, 3.63) is 24.0 Å². The molecule has 0 N–H and O–H groups in total. The van der Waals surface area contributed by atoms with Crippen LogP contribution in [-0.2, 0) is 9.84 Å². The third-order valence-electron chi connectivity index (χ3n) is 4.98. The lowest BCUT2D eigenvalue weighted by Gasteiger charge is -2.38. The van der Waals surface area contributed by atoms with Crippen molar-refractivity contribution >= 4 is 15.5 Å². The van der Waals surface area contributed by atoms with Crippen LogP contribution >= 0.6 is 0 Å². The van der Waals surface area contributed by atoms with E-state index in [1.807, 2.05) is 0 Å². The minimum atomic E-state index is -5.60. The van der Waals surface area contributed by atoms with Crippen molar-refractivity contribution in [3.63, 3.8) is 0 Å². The molecule has 3 rings (SSSR count). The summed E-state index contributed by atoms with van der Waals surface area (Å²) in [7, 11) is -5.60. The molecule has 1 aromatic rings. The van der Waals surface area contributed by atoms with E-state index in [0.29, 0.717) is 25.2 Å². The van der Waals surface area contributed by atoms with E-state index >= 15 is 0 Å². The molecular weight excluding hydrogens is 360 g/mol. The largest absolute Gasteiger partial charge is 0.501 e. The Morgan fingerprint density at radius 2 is 1.60 bits per heavy atom. The van der Waals surface area contributed by atoms with Gasteiger partial charge in [0.1, 0.15) is 10.7 Å². The zero-order chi connectivity index (χ0) is 18.2. The zero-order valence-electron chi connectivity index (χ0n) is 13.6. The normalized spacial score (nSPS) is 21.0. The smallest absolute Gasteiger partial charge is 0.370 e. The first kappa shape index (κ1) is 18.4. The van der Waals surface area contributed by atoms with Crippen LogP contribution in [-0.4, -0.2) is 51.0 Å². The van der Waals surface area contributed by atoms with E-state index in [0.717, 1.165) is 50.9 Å². The molecule has 2 saturated heterocycles. The van der Waals surface area contributed by atoms with Crippen LogP contribution in [0.15, 0.2) is 23.1 Å². The number of hydrogen-bond acceptors (Lipinski definition) is 4. The highest BCUT2D eigenvalue weighted by molar-refractivity contribution is 7.92. The molecule has 0 atom stereocenters. The van der Waals surface area contributed by atoms with Crippen LogP contribution in [0.25, 0.3) is 0 Å². The van der Waals surface area contributed by atoms with Gasteiger partial charge in [-0.2, -0.15) is 13.2 Å². The molecule has 0 aliphatic carbocycles. The fourth-order valence-corrected chi connectivity index (χ4v) is 4.66. The first-order valence-electron chi connectivity index (χ1n) is 8.30. The molecule has 2 aliphatic rings. The molecule has 0 unspecified atom stereocenters. The van der Waals surface area contributed by atoms with E-state index in [1.54, 1.807) is 4.90 Å². The molecule has 0 radical (unpaired) electrons. The lowest BCUT2D eigenvalue weighted by Crippen LogP contribution is -2.44. The van der Waals surface area contributed by atoms with Gasteiger partial charge < -0.3 is 9.80 Å². The van der Waals surface area contributed by atoms with Gasteiger partial charge in [0.05, 0.1) is 5.69 Å². The Bertz CT molecular complexity index is 722. The van der Waals surface area contributed by atoms with Crippen molar-refractivity contribution in [2.45, 2.75) is 42.1 Å². The maximum atomic E-state index is 13.4. The highest BCUT2D eigenvalue weighted by Gasteiger charge is 2.48. The Morgan fingerprint density at radius 3 is 2.16 bits per heavy atom. The van der Waals surface area contributed by atoms with Gasteiger partial charge in [0.15, 0.2) is 0 Å². The van der Waals surface area contributed by atoms with E-state index in [-0.39, 0.29) is 5.69 Å². The van der Waals surface area contributed by atoms with Crippen molar-refractivity contribution in [1.82, 2.24) is 4.90 Å². The number of alkyl halides is 3. The highest BCUT2D eigenvalue weighted by Crippen LogP contribution is 2.37. The number of hydrogen-bond donors (Lipinski definition) is 0. The molecule has 0 bridgehead atoms. The SMILES string of the molecule is O=S(=O)(c1cc(F)ccc1N1CCC(N2CCCC2)CC1)C(F)(F)F. The summed E-state index contributed by atoms with van der Waals surface area (Å²) in [5, 5.41) is 0. The summed E-state index contributed by atoms with van der Waals surface area (Å²) in [6.07, 6.45) is 3.82. The molecule has 1 aromatic carbocycles. The van der Waals surface area contributed by atoms with Crippen molar-refractivity contribution in [2.75, 3.05) is 31.1 Å². The molecule has 0 aromatic heterocycles. The molecule has 0 spiro atoms. The van der Waals surface area contributed by atoms with E-state index < -0.39 is 26.1 Å². The molecular formula is C16H20F4N2O2S. The van der Waals surface area contributed by atoms with E-state index in [4.69, 9.17) is 0 Å². The number of sulfone groups is 1. The van der Waals surface area contributed by atoms with Gasteiger partial charge in [-0.1, -0.05) is 0 Å². The van der Waals surface area contributed by atoms with Crippen LogP contribution in [0.5, 0.6) is 0 Å². The zero-order valence-corrected chi connectivity index (χ0v) is 14.4. The minimum absolute atomic E-state index is 0.0707. The number of rotatable bonds is 3. The number of piperidine rings is 1. The molecule has 2 aliphatic heterocycles. The predicted octanol–water partition coefficient (Wildman–Crippen LogP) is 3.18. The van der Waals surface area contributed by atoms with Gasteiger partial charge in [-0.3, -0.25) is 0 Å². The van der Waals surface area contributed by atoms with Crippen molar-refractivity contribution in [2.24, 2.45) is 0 Å². The monoisotopic (exact) mass is 380 g/mol. The minimum Gasteiger partial charge on any atom is -0.370 e. The van der Waals surface area contributed by atoms with Gasteiger partial charge in [0.25, 0.3) is 9.84 Å². The van der Waals surface area contributed by atoms with Crippen molar-refractivity contribution in [3.8, 4) is 0 Å². The van der Waals surface area contributed by atoms with Crippen LogP contribution in [0, 0.1) is 5.82 Å². The first-order valence-corrected chi connectivity index (χ1v) is 9.78. The standard InChI is InChI=1S/C16H20F4N2O2S/c17-12-3-4-14(15(11-12)25(23,24)16(18,19)20)22-9-5-13(6-10-22)21-7-1-2-8-21/h3-4,11,13H,1-2,5-10H2. The Morgan fingerprint density at radius 1 is 1.00 bits per heavy atom. The van der Waals surface area contributed by atoms with Crippen LogP contribution in [0.2, 0.25) is 0 Å². The number of likely N-dealkylation sites (tertiary alicyclic amines) is 1. The summed E-state index contributed by atoms with van der Waals surface area (Å²) < 4.78 is 75.9. The molecule has 2 fully saturated rings. The summed E-state index contributed by atoms with van der Waals surface area (Å²) in [5.74, 6) is -1.00. The second-order valence-electron chi connectivity index (χ2n) is 6.52. The third-order valence-corrected chi connectivity index (χ3v) is 6.49. The van der Waals surface area contributed by atoms with E-state index in [9.17, 15) is 26.0 Å². The quantitative estimate of drug-likeness (QED) is 0.756. The molecule has 0 amide bonds. The molecule has 2 heterocycles. The molecule has 4 nitrogen and oxygen atoms in total. The first-order chi connectivity index (χ1) is 11.7. The van der Waals surface area contributed by atoms with Gasteiger partial charge >= 0.3 is 5.51 Å². The van der Waals surface area contributed by atoms with Crippen molar-refractivity contribution in [1.29, 1.82) is 0 Å². The van der Waals surface area contributed by atoms with Crippen LogP contribution in [0.3, 0.4) is 0 Å². The fraction of sp³-hybridized carbons (Fsp3) is 0.625. The summed E-state index contributed by atoms with van der Waals surface area (Å²) in [6.45, 7) is 2.98. The number of halogens is 4. The Kier molecular flexibility index (Phi) is 4.98. The van der Waals surface area contributed by atoms with Gasteiger partial charge in [-0.05, 0) is 57.0 Å². The lowest BCUT2D eigenvalue weighted by molar-refractivity contribution is -0.0435. The van der Waals surface area contributed by atoms with E-state index in [1.165, 1.54) is 0 Å². The Hall–Kier alpha value is -1.35. The summed E-state index contributed by atoms with van der Waals surface area (Å²) in [4.78, 5) is 3.00. The molecule has 9 heteroatoms. The Labute approximate surface area is 144 Å². The highest BCUT2D eigenvalue weighted by atomic mass is 32.2. The van der Waals surface area contributed by atoms with Crippen LogP contribution in [0.1, 0.15) is 25.7 Å². The topological polar surface area (TPSA) is 40.6 Å². The molecule has 25 heavy (non-hydrogen) atoms. The second-order valence-corrected chi connectivity index (χ2v) is 8.43. The van der Waals surface area contributed by atoms with Gasteiger partial charge in [-0.25, -0.2) is 12.8 Å². The fourth-order valence-electron chi connectivity index (χ4n) is 3.67. The third kappa shape index (κ3) is 3.62. The van der Waals surface area contributed by atoms with Crippen LogP contribution in [0.4, 0.5) is 23.2 Å².